The average molecular weight is 578 g/mol. The van der Waals surface area contributed by atoms with Crippen molar-refractivity contribution in [3.05, 3.63) is 64.8 Å². The van der Waals surface area contributed by atoms with Gasteiger partial charge in [0.2, 0.25) is 5.95 Å². The molecule has 11 nitrogen and oxygen atoms in total. The maximum absolute atomic E-state index is 13.9. The number of carbonyl (C=O) groups excluding carboxylic acids is 1. The molecule has 2 aliphatic heterocycles. The fraction of sp³-hybridized carbons (Fsp3) is 0.320. The molecule has 4 N–H and O–H groups in total. The molecule has 1 fully saturated rings. The molecular formula is C25H26F3N6O5P. The Labute approximate surface area is 227 Å². The molecule has 0 bridgehead atoms. The Morgan fingerprint density at radius 3 is 2.42 bits per heavy atom. The van der Waals surface area contributed by atoms with Gasteiger partial charge in [0.15, 0.2) is 0 Å². The summed E-state index contributed by atoms with van der Waals surface area (Å²) in [6.07, 6.45) is -4.57. The van der Waals surface area contributed by atoms with E-state index in [9.17, 15) is 22.5 Å². The highest BCUT2D eigenvalue weighted by Gasteiger charge is 2.37. The maximum Gasteiger partial charge on any atom is 0.421 e. The fourth-order valence-electron chi connectivity index (χ4n) is 4.68. The van der Waals surface area contributed by atoms with Gasteiger partial charge in [-0.3, -0.25) is 9.36 Å². The standard InChI is InChI=1S/C25H26F3N6O5P/c1-33-13-17-20(34-8-10-39-11-9-34)7-6-19(21(17)23(33)35)31-22-18(25(26,27)28)12-29-24(32-22)30-16-4-2-15(3-5-16)14-40(36,37)38/h2-7,12H,8-11,13-14H2,1H3,(H2,36,37,38)(H2,29,30,31,32). The first kappa shape index (κ1) is 27.8. The smallest absolute Gasteiger partial charge is 0.378 e. The summed E-state index contributed by atoms with van der Waals surface area (Å²) < 4.78 is 58.4. The van der Waals surface area contributed by atoms with Crippen LogP contribution in [-0.2, 0) is 28.2 Å². The van der Waals surface area contributed by atoms with Gasteiger partial charge in [0.1, 0.15) is 11.4 Å². The first-order valence-electron chi connectivity index (χ1n) is 12.2. The highest BCUT2D eigenvalue weighted by Crippen LogP contribution is 2.41. The van der Waals surface area contributed by atoms with Crippen LogP contribution in [0.2, 0.25) is 0 Å². The number of nitrogens with zero attached hydrogens (tertiary/aromatic N) is 4. The van der Waals surface area contributed by atoms with Crippen molar-refractivity contribution in [3.63, 3.8) is 0 Å². The quantitative estimate of drug-likeness (QED) is 0.303. The van der Waals surface area contributed by atoms with E-state index in [1.165, 1.54) is 29.2 Å². The maximum atomic E-state index is 13.9. The summed E-state index contributed by atoms with van der Waals surface area (Å²) in [5.41, 5.74) is 1.71. The number of rotatable bonds is 7. The zero-order valence-electron chi connectivity index (χ0n) is 21.3. The van der Waals surface area contributed by atoms with Crippen molar-refractivity contribution in [1.82, 2.24) is 14.9 Å². The number of halogens is 3. The average Bonchev–Trinajstić information content (AvgIpc) is 3.19. The van der Waals surface area contributed by atoms with Crippen LogP contribution in [0.1, 0.15) is 27.0 Å². The Kier molecular flexibility index (Phi) is 7.44. The minimum absolute atomic E-state index is 0.150. The van der Waals surface area contributed by atoms with Crippen molar-refractivity contribution in [2.75, 3.05) is 48.9 Å². The lowest BCUT2D eigenvalue weighted by Crippen LogP contribution is -2.36. The molecule has 2 aromatic carbocycles. The summed E-state index contributed by atoms with van der Waals surface area (Å²) in [5, 5.41) is 5.53. The van der Waals surface area contributed by atoms with Gasteiger partial charge in [-0.25, -0.2) is 4.98 Å². The normalized spacial score (nSPS) is 15.8. The summed E-state index contributed by atoms with van der Waals surface area (Å²) >= 11 is 0. The van der Waals surface area contributed by atoms with Crippen molar-refractivity contribution in [2.24, 2.45) is 0 Å². The van der Waals surface area contributed by atoms with Crippen LogP contribution in [0.4, 0.5) is 42.0 Å². The van der Waals surface area contributed by atoms with E-state index < -0.39 is 31.3 Å². The molecule has 3 aromatic rings. The molecule has 40 heavy (non-hydrogen) atoms. The topological polar surface area (TPSA) is 140 Å². The third-order valence-electron chi connectivity index (χ3n) is 6.54. The van der Waals surface area contributed by atoms with Crippen LogP contribution >= 0.6 is 7.60 Å². The second-order valence-electron chi connectivity index (χ2n) is 9.47. The number of amides is 1. The number of aromatic nitrogens is 2. The molecular weight excluding hydrogens is 552 g/mol. The monoisotopic (exact) mass is 578 g/mol. The second-order valence-corrected chi connectivity index (χ2v) is 11.1. The lowest BCUT2D eigenvalue weighted by atomic mass is 10.0. The molecule has 15 heteroatoms. The van der Waals surface area contributed by atoms with Gasteiger partial charge in [-0.2, -0.15) is 18.2 Å². The zero-order valence-corrected chi connectivity index (χ0v) is 22.2. The summed E-state index contributed by atoms with van der Waals surface area (Å²) in [7, 11) is -2.62. The van der Waals surface area contributed by atoms with Gasteiger partial charge < -0.3 is 35.0 Å². The number of hydrogen-bond acceptors (Lipinski definition) is 8. The molecule has 3 heterocycles. The fourth-order valence-corrected chi connectivity index (χ4v) is 5.36. The molecule has 5 rings (SSSR count). The summed E-state index contributed by atoms with van der Waals surface area (Å²) in [6.45, 7) is 2.66. The van der Waals surface area contributed by atoms with Gasteiger partial charge in [-0.05, 0) is 29.8 Å². The first-order valence-corrected chi connectivity index (χ1v) is 14.0. The van der Waals surface area contributed by atoms with Crippen LogP contribution < -0.4 is 15.5 Å². The number of benzene rings is 2. The van der Waals surface area contributed by atoms with Gasteiger partial charge in [0.25, 0.3) is 5.91 Å². The van der Waals surface area contributed by atoms with Crippen molar-refractivity contribution >= 4 is 42.3 Å². The Morgan fingerprint density at radius 1 is 1.07 bits per heavy atom. The van der Waals surface area contributed by atoms with Gasteiger partial charge in [0, 0.05) is 49.8 Å². The van der Waals surface area contributed by atoms with Gasteiger partial charge in [0.05, 0.1) is 30.6 Å². The molecule has 2 aliphatic rings. The molecule has 0 radical (unpaired) electrons. The SMILES string of the molecule is CN1Cc2c(N3CCOCC3)ccc(Nc3nc(Nc4ccc(CP(=O)(O)O)cc4)ncc3C(F)(F)F)c2C1=O. The molecule has 1 amide bonds. The van der Waals surface area contributed by atoms with E-state index in [1.54, 1.807) is 19.2 Å². The summed E-state index contributed by atoms with van der Waals surface area (Å²) in [4.78, 5) is 42.8. The third kappa shape index (κ3) is 6.04. The molecule has 0 aliphatic carbocycles. The van der Waals surface area contributed by atoms with E-state index in [4.69, 9.17) is 14.5 Å². The second kappa shape index (κ2) is 10.7. The van der Waals surface area contributed by atoms with Gasteiger partial charge in [-0.15, -0.1) is 0 Å². The van der Waals surface area contributed by atoms with E-state index in [-0.39, 0.29) is 23.1 Å². The van der Waals surface area contributed by atoms with Crippen LogP contribution in [0.25, 0.3) is 0 Å². The number of anilines is 5. The molecule has 0 unspecified atom stereocenters. The van der Waals surface area contributed by atoms with Gasteiger partial charge in [-0.1, -0.05) is 12.1 Å². The predicted molar refractivity (Wildman–Crippen MR) is 141 cm³/mol. The molecule has 1 saturated heterocycles. The van der Waals surface area contributed by atoms with E-state index in [2.05, 4.69) is 25.5 Å². The summed E-state index contributed by atoms with van der Waals surface area (Å²) in [6, 6.07) is 9.33. The third-order valence-corrected chi connectivity index (χ3v) is 7.32. The molecule has 0 atom stereocenters. The van der Waals surface area contributed by atoms with Crippen LogP contribution in [0, 0.1) is 0 Å². The largest absolute Gasteiger partial charge is 0.421 e. The number of alkyl halides is 3. The Bertz CT molecular complexity index is 1480. The number of nitrogens with one attached hydrogen (secondary N) is 2. The minimum atomic E-state index is -4.78. The number of fused-ring (bicyclic) bond motifs is 1. The van der Waals surface area contributed by atoms with Crippen molar-refractivity contribution in [1.29, 1.82) is 0 Å². The number of ether oxygens (including phenoxy) is 1. The molecule has 0 spiro atoms. The van der Waals surface area contributed by atoms with E-state index in [1.807, 2.05) is 0 Å². The van der Waals surface area contributed by atoms with E-state index in [0.717, 1.165) is 11.3 Å². The number of carbonyl (C=O) groups is 1. The van der Waals surface area contributed by atoms with Gasteiger partial charge >= 0.3 is 13.8 Å². The summed E-state index contributed by atoms with van der Waals surface area (Å²) in [5.74, 6) is -1.00. The molecule has 1 aromatic heterocycles. The van der Waals surface area contributed by atoms with Crippen molar-refractivity contribution in [3.8, 4) is 0 Å². The van der Waals surface area contributed by atoms with Crippen molar-refractivity contribution < 1.29 is 37.1 Å². The van der Waals surface area contributed by atoms with E-state index >= 15 is 0 Å². The highest BCUT2D eigenvalue weighted by atomic mass is 31.2. The van der Waals surface area contributed by atoms with E-state index in [0.29, 0.717) is 50.3 Å². The number of morpholine rings is 1. The van der Waals surface area contributed by atoms with Crippen LogP contribution in [0.3, 0.4) is 0 Å². The van der Waals surface area contributed by atoms with Crippen molar-refractivity contribution in [2.45, 2.75) is 18.9 Å². The molecule has 0 saturated carbocycles. The highest BCUT2D eigenvalue weighted by molar-refractivity contribution is 7.50. The Balaban J connectivity index is 1.47. The minimum Gasteiger partial charge on any atom is -0.378 e. The Hall–Kier alpha value is -3.71. The number of hydrogen-bond donors (Lipinski definition) is 4. The lowest BCUT2D eigenvalue weighted by Gasteiger charge is -2.30. The zero-order chi connectivity index (χ0) is 28.7. The van der Waals surface area contributed by atoms with Crippen LogP contribution in [0.15, 0.2) is 42.6 Å². The molecule has 212 valence electrons. The van der Waals surface area contributed by atoms with Crippen LogP contribution in [-0.4, -0.2) is 63.9 Å². The predicted octanol–water partition coefficient (Wildman–Crippen LogP) is 4.08. The van der Waals surface area contributed by atoms with Crippen LogP contribution in [0.5, 0.6) is 0 Å². The first-order chi connectivity index (χ1) is 18.9. The lowest BCUT2D eigenvalue weighted by molar-refractivity contribution is -0.137. The Morgan fingerprint density at radius 2 is 1.77 bits per heavy atom.